The normalized spacial score (nSPS) is 46.5. The van der Waals surface area contributed by atoms with Crippen LogP contribution < -0.4 is 42.5 Å². The van der Waals surface area contributed by atoms with E-state index in [1.807, 2.05) is 0 Å². The molecule has 0 aromatic heterocycles. The van der Waals surface area contributed by atoms with E-state index < -0.39 is 0 Å². The largest absolute Gasteiger partial charge is 0.394 e. The summed E-state index contributed by atoms with van der Waals surface area (Å²) >= 11 is 0. The number of aliphatic hydroxyl groups excluding tert-OH is 1. The van der Waals surface area contributed by atoms with Crippen LogP contribution in [0.15, 0.2) is 0 Å². The van der Waals surface area contributed by atoms with Gasteiger partial charge in [0.25, 0.3) is 0 Å². The minimum absolute atomic E-state index is 0. The summed E-state index contributed by atoms with van der Waals surface area (Å²) in [5.74, 6) is 5.74. The van der Waals surface area contributed by atoms with Gasteiger partial charge in [0, 0.05) is 30.1 Å². The summed E-state index contributed by atoms with van der Waals surface area (Å²) in [5, 5.41) is 42.0. The van der Waals surface area contributed by atoms with Gasteiger partial charge in [0.2, 0.25) is 0 Å². The molecule has 12 nitrogen and oxygen atoms in total. The standard InChI is InChI=1S/C32H55N8.C7H16O4.Co/c1-2-10-18-17(9-1)25-33-26(18)38-28-21-13-5-6-14-22(21)30(35-28)40-32-24-16-8-7-15-23(24)31(36-32)39-29-20-12-4-3-11-19(20)27(34-29)37-25;1-9-4-5-11-7-6-10-3-2-8;/h9,17-40H,1-8,10-16H2;8H,2-7H2,1H3;/q-1;;. The maximum atomic E-state index is 8.32. The Morgan fingerprint density at radius 3 is 1.15 bits per heavy atom. The fourth-order valence-corrected chi connectivity index (χ4v) is 12.3. The van der Waals surface area contributed by atoms with Crippen molar-refractivity contribution in [2.24, 2.45) is 47.3 Å². The molecule has 5 saturated heterocycles. The zero-order valence-corrected chi connectivity index (χ0v) is 32.7. The second kappa shape index (κ2) is 19.5. The van der Waals surface area contributed by atoms with E-state index in [2.05, 4.69) is 49.0 Å². The van der Waals surface area contributed by atoms with E-state index in [0.717, 1.165) is 35.5 Å². The van der Waals surface area contributed by atoms with Crippen molar-refractivity contribution in [3.8, 4) is 0 Å². The maximum Gasteiger partial charge on any atom is 0.0701 e. The number of ether oxygens (including phenoxy) is 3. The van der Waals surface area contributed by atoms with E-state index in [-0.39, 0.29) is 23.4 Å². The molecule has 4 saturated carbocycles. The van der Waals surface area contributed by atoms with Crippen molar-refractivity contribution in [2.45, 2.75) is 146 Å². The smallest absolute Gasteiger partial charge is 0.0701 e. The molecule has 52 heavy (non-hydrogen) atoms. The third kappa shape index (κ3) is 8.93. The average molecular weight is 775 g/mol. The number of aliphatic hydroxyl groups is 1. The molecule has 16 atom stereocenters. The van der Waals surface area contributed by atoms with E-state index in [9.17, 15) is 0 Å². The predicted molar refractivity (Wildman–Crippen MR) is 197 cm³/mol. The Bertz CT molecular complexity index is 869. The molecular weight excluding hydrogens is 703 g/mol. The molecule has 5 aliphatic heterocycles. The van der Waals surface area contributed by atoms with E-state index in [4.69, 9.17) is 19.3 Å². The molecule has 5 heterocycles. The molecule has 9 rings (SSSR count). The van der Waals surface area contributed by atoms with Gasteiger partial charge >= 0.3 is 0 Å². The van der Waals surface area contributed by atoms with E-state index >= 15 is 0 Å². The summed E-state index contributed by atoms with van der Waals surface area (Å²) in [5.41, 5.74) is 0. The number of nitrogens with one attached hydrogen (secondary N) is 8. The predicted octanol–water partition coefficient (Wildman–Crippen LogP) is 2.08. The van der Waals surface area contributed by atoms with Gasteiger partial charge in [0.15, 0.2) is 0 Å². The summed E-state index contributed by atoms with van der Waals surface area (Å²) in [6.07, 6.45) is 26.4. The van der Waals surface area contributed by atoms with Gasteiger partial charge < -0.3 is 25.7 Å². The molecule has 13 heteroatoms. The van der Waals surface area contributed by atoms with Gasteiger partial charge in [-0.05, 0) is 80.0 Å². The number of methoxy groups -OCH3 is 1. The van der Waals surface area contributed by atoms with Crippen molar-refractivity contribution >= 4 is 0 Å². The molecule has 9 fully saturated rings. The second-order valence-electron chi connectivity index (χ2n) is 17.3. The van der Waals surface area contributed by atoms with Crippen molar-refractivity contribution in [3.05, 3.63) is 6.42 Å². The van der Waals surface area contributed by atoms with Crippen LogP contribution in [-0.2, 0) is 31.0 Å². The molecule has 0 spiro atoms. The molecule has 1 radical (unpaired) electrons. The molecule has 9 N–H and O–H groups in total. The molecule has 0 aromatic carbocycles. The van der Waals surface area contributed by atoms with Crippen molar-refractivity contribution in [2.75, 3.05) is 46.8 Å². The van der Waals surface area contributed by atoms with Crippen LogP contribution in [0.1, 0.15) is 96.3 Å². The monoisotopic (exact) mass is 774 g/mol. The molecule has 8 bridgehead atoms. The summed E-state index contributed by atoms with van der Waals surface area (Å²) < 4.78 is 14.8. The van der Waals surface area contributed by atoms with Gasteiger partial charge in [0.1, 0.15) is 0 Å². The molecular formula is C39H71CoN8O4-. The van der Waals surface area contributed by atoms with Gasteiger partial charge in [-0.3, -0.25) is 42.5 Å². The maximum absolute atomic E-state index is 8.32. The minimum atomic E-state index is 0. The fourth-order valence-electron chi connectivity index (χ4n) is 12.3. The molecule has 0 amide bonds. The molecule has 16 unspecified atom stereocenters. The summed E-state index contributed by atoms with van der Waals surface area (Å²) in [4.78, 5) is 0. The van der Waals surface area contributed by atoms with Crippen molar-refractivity contribution in [1.82, 2.24) is 42.5 Å². The second-order valence-corrected chi connectivity index (χ2v) is 17.3. The Morgan fingerprint density at radius 1 is 0.442 bits per heavy atom. The van der Waals surface area contributed by atoms with Gasteiger partial charge in [0.05, 0.1) is 82.8 Å². The Balaban J connectivity index is 0.000000308. The first-order valence-electron chi connectivity index (χ1n) is 21.4. The van der Waals surface area contributed by atoms with Crippen LogP contribution in [0.25, 0.3) is 0 Å². The number of hydrogen-bond acceptors (Lipinski definition) is 12. The Hall–Kier alpha value is 0.0265. The third-order valence-electron chi connectivity index (χ3n) is 14.6. The van der Waals surface area contributed by atoms with Gasteiger partial charge in [-0.1, -0.05) is 51.4 Å². The van der Waals surface area contributed by atoms with Crippen LogP contribution in [0.4, 0.5) is 0 Å². The Morgan fingerprint density at radius 2 is 0.769 bits per heavy atom. The first-order chi connectivity index (χ1) is 25.2. The van der Waals surface area contributed by atoms with E-state index in [1.54, 1.807) is 7.11 Å². The summed E-state index contributed by atoms with van der Waals surface area (Å²) in [6.45, 7) is 2.75. The van der Waals surface area contributed by atoms with Gasteiger partial charge in [-0.2, -0.15) is 6.42 Å². The van der Waals surface area contributed by atoms with Crippen molar-refractivity contribution in [1.29, 1.82) is 0 Å². The average Bonchev–Trinajstić information content (AvgIpc) is 3.91. The van der Waals surface area contributed by atoms with Crippen molar-refractivity contribution in [3.63, 3.8) is 0 Å². The molecule has 9 aliphatic rings. The van der Waals surface area contributed by atoms with Crippen LogP contribution in [0.3, 0.4) is 0 Å². The first-order valence-corrected chi connectivity index (χ1v) is 21.4. The van der Waals surface area contributed by atoms with Gasteiger partial charge in [-0.25, -0.2) is 0 Å². The van der Waals surface area contributed by atoms with Crippen LogP contribution in [-0.4, -0.2) is 101 Å². The molecule has 4 aliphatic carbocycles. The summed E-state index contributed by atoms with van der Waals surface area (Å²) in [7, 11) is 1.63. The van der Waals surface area contributed by atoms with Crippen LogP contribution >= 0.6 is 0 Å². The van der Waals surface area contributed by atoms with E-state index in [1.165, 1.54) is 96.3 Å². The molecule has 0 aromatic rings. The third-order valence-corrected chi connectivity index (χ3v) is 14.6. The Labute approximate surface area is 323 Å². The fraction of sp³-hybridized carbons (Fsp3) is 0.974. The van der Waals surface area contributed by atoms with Crippen LogP contribution in [0.2, 0.25) is 0 Å². The SMILES string of the molecule is COCCOCCOCCO.[CH-]1CCCC2C3NC(NC4NC(NC5NC(NC6NC(N3)C3CCCCC63)C3CCCCC53)C3CCCCC43)C12.[Co]. The quantitative estimate of drug-likeness (QED) is 0.132. The van der Waals surface area contributed by atoms with Crippen LogP contribution in [0, 0.1) is 53.8 Å². The zero-order valence-electron chi connectivity index (χ0n) is 31.7. The van der Waals surface area contributed by atoms with E-state index in [0.29, 0.717) is 94.2 Å². The first kappa shape index (κ1) is 40.2. The minimum Gasteiger partial charge on any atom is -0.394 e. The zero-order chi connectivity index (χ0) is 34.6. The Kier molecular flexibility index (Phi) is 15.0. The summed E-state index contributed by atoms with van der Waals surface area (Å²) in [6, 6.07) is 0. The number of hydrogen-bond donors (Lipinski definition) is 9. The number of rotatable bonds is 8. The topological polar surface area (TPSA) is 144 Å². The molecule has 301 valence electrons. The van der Waals surface area contributed by atoms with Gasteiger partial charge in [-0.15, -0.1) is 5.92 Å². The number of fused-ring (bicyclic) bond motifs is 20. The van der Waals surface area contributed by atoms with Crippen LogP contribution in [0.5, 0.6) is 0 Å². The van der Waals surface area contributed by atoms with Crippen molar-refractivity contribution < 1.29 is 36.1 Å².